The number of nitrogens with one attached hydrogen (secondary N) is 1. The Kier molecular flexibility index (Phi) is 5.87. The van der Waals surface area contributed by atoms with Gasteiger partial charge in [-0.15, -0.1) is 0 Å². The van der Waals surface area contributed by atoms with Gasteiger partial charge in [0.2, 0.25) is 0 Å². The zero-order chi connectivity index (χ0) is 21.7. The maximum absolute atomic E-state index is 13.0. The van der Waals surface area contributed by atoms with Crippen molar-refractivity contribution in [2.24, 2.45) is 0 Å². The van der Waals surface area contributed by atoms with Crippen molar-refractivity contribution in [2.75, 3.05) is 17.3 Å². The summed E-state index contributed by atoms with van der Waals surface area (Å²) in [6, 6.07) is 17.0. The fraction of sp³-hybridized carbons (Fsp3) is 0.0500. The molecule has 1 N–H and O–H groups in total. The topological polar surface area (TPSA) is 128 Å². The Hall–Kier alpha value is -4.47. The lowest BCUT2D eigenvalue weighted by Crippen LogP contribution is -2.30. The zero-order valence-corrected chi connectivity index (χ0v) is 15.7. The molecule has 0 bridgehead atoms. The minimum absolute atomic E-state index is 0.102. The minimum Gasteiger partial charge on any atom is -0.497 e. The van der Waals surface area contributed by atoms with Crippen molar-refractivity contribution < 1.29 is 19.4 Å². The average molecular weight is 408 g/mol. The van der Waals surface area contributed by atoms with Crippen LogP contribution in [0.4, 0.5) is 33.2 Å². The van der Waals surface area contributed by atoms with Crippen LogP contribution in [0, 0.1) is 20.2 Å². The highest BCUT2D eigenvalue weighted by molar-refractivity contribution is 6.07. The predicted octanol–water partition coefficient (Wildman–Crippen LogP) is 4.88. The van der Waals surface area contributed by atoms with Gasteiger partial charge in [0.25, 0.3) is 11.4 Å². The molecule has 2 amide bonds. The number of carbonyl (C=O) groups is 1. The molecule has 0 unspecified atom stereocenters. The first-order chi connectivity index (χ1) is 14.4. The fourth-order valence-corrected chi connectivity index (χ4v) is 2.68. The molecular weight excluding hydrogens is 392 g/mol. The third-order valence-electron chi connectivity index (χ3n) is 4.18. The molecule has 10 heteroatoms. The summed E-state index contributed by atoms with van der Waals surface area (Å²) in [5, 5.41) is 24.4. The monoisotopic (exact) mass is 408 g/mol. The number of carbonyl (C=O) groups excluding carboxylic acids is 1. The van der Waals surface area contributed by atoms with Gasteiger partial charge in [-0.3, -0.25) is 25.1 Å². The van der Waals surface area contributed by atoms with Crippen molar-refractivity contribution in [1.82, 2.24) is 0 Å². The van der Waals surface area contributed by atoms with E-state index in [1.807, 2.05) is 0 Å². The number of methoxy groups -OCH3 is 1. The van der Waals surface area contributed by atoms with E-state index in [0.29, 0.717) is 22.8 Å². The number of non-ortho nitro benzene ring substituents is 2. The highest BCUT2D eigenvalue weighted by Crippen LogP contribution is 2.30. The van der Waals surface area contributed by atoms with Crippen LogP contribution in [0.1, 0.15) is 0 Å². The molecule has 3 rings (SSSR count). The summed E-state index contributed by atoms with van der Waals surface area (Å²) in [6.45, 7) is 0. The molecule has 0 aliphatic heterocycles. The largest absolute Gasteiger partial charge is 0.497 e. The quantitative estimate of drug-likeness (QED) is 0.457. The maximum atomic E-state index is 13.0. The molecule has 0 spiro atoms. The Bertz CT molecular complexity index is 1070. The standard InChI is InChI=1S/C20H16N4O6/c1-30-19-12-10-16(11-13-19)22(15-6-8-18(9-7-15)24(28)29)20(25)21-14-2-4-17(5-3-14)23(26)27/h2-13H,1H3,(H,21,25). The van der Waals surface area contributed by atoms with E-state index in [1.54, 1.807) is 24.3 Å². The lowest BCUT2D eigenvalue weighted by molar-refractivity contribution is -0.385. The smallest absolute Gasteiger partial charge is 0.330 e. The first-order valence-electron chi connectivity index (χ1n) is 8.63. The number of urea groups is 1. The summed E-state index contributed by atoms with van der Waals surface area (Å²) < 4.78 is 5.13. The summed E-state index contributed by atoms with van der Waals surface area (Å²) in [4.78, 5) is 35.0. The molecule has 0 atom stereocenters. The molecule has 0 aromatic heterocycles. The highest BCUT2D eigenvalue weighted by atomic mass is 16.6. The van der Waals surface area contributed by atoms with Gasteiger partial charge in [0.05, 0.1) is 28.3 Å². The van der Waals surface area contributed by atoms with E-state index in [4.69, 9.17) is 4.74 Å². The van der Waals surface area contributed by atoms with Gasteiger partial charge in [0.15, 0.2) is 0 Å². The van der Waals surface area contributed by atoms with Crippen LogP contribution in [0.5, 0.6) is 5.75 Å². The molecule has 0 saturated carbocycles. The van der Waals surface area contributed by atoms with Crippen molar-refractivity contribution in [1.29, 1.82) is 0 Å². The molecule has 3 aromatic rings. The van der Waals surface area contributed by atoms with Crippen molar-refractivity contribution in [3.63, 3.8) is 0 Å². The van der Waals surface area contributed by atoms with E-state index < -0.39 is 15.9 Å². The number of hydrogen-bond donors (Lipinski definition) is 1. The van der Waals surface area contributed by atoms with E-state index in [0.717, 1.165) is 0 Å². The number of rotatable bonds is 6. The van der Waals surface area contributed by atoms with Gasteiger partial charge < -0.3 is 10.1 Å². The first-order valence-corrected chi connectivity index (χ1v) is 8.63. The zero-order valence-electron chi connectivity index (χ0n) is 15.7. The predicted molar refractivity (Wildman–Crippen MR) is 110 cm³/mol. The second kappa shape index (κ2) is 8.69. The Labute approximate surface area is 170 Å². The summed E-state index contributed by atoms with van der Waals surface area (Å²) in [5.74, 6) is 0.596. The maximum Gasteiger partial charge on any atom is 0.330 e. The number of nitro groups is 2. The third-order valence-corrected chi connectivity index (χ3v) is 4.18. The van der Waals surface area contributed by atoms with Crippen LogP contribution in [0.25, 0.3) is 0 Å². The molecule has 30 heavy (non-hydrogen) atoms. The van der Waals surface area contributed by atoms with Gasteiger partial charge in [-0.1, -0.05) is 0 Å². The van der Waals surface area contributed by atoms with Crippen molar-refractivity contribution >= 4 is 34.5 Å². The summed E-state index contributed by atoms with van der Waals surface area (Å²) in [5.41, 5.74) is 1.03. The van der Waals surface area contributed by atoms with E-state index >= 15 is 0 Å². The molecule has 0 fully saturated rings. The van der Waals surface area contributed by atoms with Gasteiger partial charge >= 0.3 is 6.03 Å². The Balaban J connectivity index is 1.93. The van der Waals surface area contributed by atoms with Crippen LogP contribution in [0.15, 0.2) is 72.8 Å². The number of nitrogens with zero attached hydrogens (tertiary/aromatic N) is 3. The SMILES string of the molecule is COc1ccc(N(C(=O)Nc2ccc([N+](=O)[O-])cc2)c2ccc([N+](=O)[O-])cc2)cc1. The van der Waals surface area contributed by atoms with Crippen LogP contribution < -0.4 is 15.0 Å². The average Bonchev–Trinajstić information content (AvgIpc) is 2.75. The van der Waals surface area contributed by atoms with Crippen molar-refractivity contribution in [2.45, 2.75) is 0 Å². The Morgan fingerprint density at radius 1 is 0.800 bits per heavy atom. The van der Waals surface area contributed by atoms with Gasteiger partial charge in [-0.05, 0) is 48.5 Å². The Morgan fingerprint density at radius 2 is 1.23 bits per heavy atom. The molecule has 0 saturated heterocycles. The van der Waals surface area contributed by atoms with Crippen LogP contribution >= 0.6 is 0 Å². The van der Waals surface area contributed by atoms with Gasteiger partial charge in [0, 0.05) is 30.0 Å². The number of hydrogen-bond acceptors (Lipinski definition) is 6. The molecule has 0 radical (unpaired) electrons. The van der Waals surface area contributed by atoms with Crippen LogP contribution in [-0.2, 0) is 0 Å². The molecule has 0 aliphatic carbocycles. The van der Waals surface area contributed by atoms with Crippen LogP contribution in [0.2, 0.25) is 0 Å². The number of nitro benzene ring substituents is 2. The number of benzene rings is 3. The number of ether oxygens (including phenoxy) is 1. The van der Waals surface area contributed by atoms with Crippen LogP contribution in [-0.4, -0.2) is 23.0 Å². The lowest BCUT2D eigenvalue weighted by Gasteiger charge is -2.23. The van der Waals surface area contributed by atoms with E-state index in [2.05, 4.69) is 5.32 Å². The first kappa shape index (κ1) is 20.3. The summed E-state index contributed by atoms with van der Waals surface area (Å²) in [6.07, 6.45) is 0. The van der Waals surface area contributed by atoms with Gasteiger partial charge in [-0.2, -0.15) is 0 Å². The highest BCUT2D eigenvalue weighted by Gasteiger charge is 2.20. The van der Waals surface area contributed by atoms with Crippen LogP contribution in [0.3, 0.4) is 0 Å². The van der Waals surface area contributed by atoms with E-state index in [1.165, 1.54) is 60.5 Å². The summed E-state index contributed by atoms with van der Waals surface area (Å²) >= 11 is 0. The molecule has 0 aliphatic rings. The molecular formula is C20H16N4O6. The van der Waals surface area contributed by atoms with E-state index in [9.17, 15) is 25.0 Å². The van der Waals surface area contributed by atoms with Crippen molar-refractivity contribution in [3.05, 3.63) is 93.0 Å². The summed E-state index contributed by atoms with van der Waals surface area (Å²) in [7, 11) is 1.52. The minimum atomic E-state index is -0.553. The second-order valence-electron chi connectivity index (χ2n) is 6.04. The fourth-order valence-electron chi connectivity index (χ4n) is 2.68. The van der Waals surface area contributed by atoms with E-state index in [-0.39, 0.29) is 11.4 Å². The number of amides is 2. The van der Waals surface area contributed by atoms with Crippen molar-refractivity contribution in [3.8, 4) is 5.75 Å². The van der Waals surface area contributed by atoms with Gasteiger partial charge in [0.1, 0.15) is 5.75 Å². The number of anilines is 3. The lowest BCUT2D eigenvalue weighted by atomic mass is 10.2. The normalized spacial score (nSPS) is 10.2. The third kappa shape index (κ3) is 4.50. The molecule has 0 heterocycles. The molecule has 10 nitrogen and oxygen atoms in total. The molecule has 152 valence electrons. The van der Waals surface area contributed by atoms with Gasteiger partial charge in [-0.25, -0.2) is 4.79 Å². The second-order valence-corrected chi connectivity index (χ2v) is 6.04. The molecule has 3 aromatic carbocycles. The Morgan fingerprint density at radius 3 is 1.67 bits per heavy atom.